The Morgan fingerprint density at radius 1 is 1.35 bits per heavy atom. The molecule has 0 spiro atoms. The summed E-state index contributed by atoms with van der Waals surface area (Å²) in [6, 6.07) is 0. The van der Waals surface area contributed by atoms with Crippen molar-refractivity contribution < 1.29 is 26.7 Å². The van der Waals surface area contributed by atoms with Crippen molar-refractivity contribution in [3.8, 4) is 0 Å². The predicted molar refractivity (Wildman–Crippen MR) is 56.3 cm³/mol. The van der Waals surface area contributed by atoms with Crippen molar-refractivity contribution in [2.75, 3.05) is 0 Å². The van der Waals surface area contributed by atoms with Crippen molar-refractivity contribution in [3.63, 3.8) is 0 Å². The smallest absolute Gasteiger partial charge is 0.421 e. The van der Waals surface area contributed by atoms with Crippen molar-refractivity contribution in [3.05, 3.63) is 0 Å². The van der Waals surface area contributed by atoms with E-state index in [9.17, 15) is 22.0 Å². The zero-order chi connectivity index (χ0) is 13.5. The predicted octanol–water partition coefficient (Wildman–Crippen LogP) is 1.64. The first-order valence-electron chi connectivity index (χ1n) is 5.04. The summed E-state index contributed by atoms with van der Waals surface area (Å²) in [6.07, 6.45) is -4.54. The summed E-state index contributed by atoms with van der Waals surface area (Å²) >= 11 is 0. The first-order valence-corrected chi connectivity index (χ1v) is 6.52. The SMILES string of the molecule is CC(C)(C)OC(=O)NS(=O)(=O)C1(C(F)F)CC1. The van der Waals surface area contributed by atoms with E-state index in [-0.39, 0.29) is 12.8 Å². The molecule has 1 N–H and O–H groups in total. The van der Waals surface area contributed by atoms with Gasteiger partial charge in [0.15, 0.2) is 4.75 Å². The molecule has 0 heterocycles. The molecule has 1 aliphatic rings. The Labute approximate surface area is 98.6 Å². The van der Waals surface area contributed by atoms with Crippen molar-refractivity contribution in [2.24, 2.45) is 0 Å². The van der Waals surface area contributed by atoms with Crippen molar-refractivity contribution in [1.82, 2.24) is 4.72 Å². The zero-order valence-corrected chi connectivity index (χ0v) is 10.6. The molecule has 0 aromatic carbocycles. The molecule has 0 unspecified atom stereocenters. The number of hydrogen-bond donors (Lipinski definition) is 1. The van der Waals surface area contributed by atoms with Crippen LogP contribution < -0.4 is 4.72 Å². The van der Waals surface area contributed by atoms with Gasteiger partial charge < -0.3 is 4.74 Å². The molecule has 1 aliphatic carbocycles. The molecule has 0 radical (unpaired) electrons. The molecular weight excluding hydrogens is 256 g/mol. The summed E-state index contributed by atoms with van der Waals surface area (Å²) in [5.74, 6) is 0. The van der Waals surface area contributed by atoms with Crippen LogP contribution in [0, 0.1) is 0 Å². The summed E-state index contributed by atoms with van der Waals surface area (Å²) < 4.78 is 52.4. The number of carbonyl (C=O) groups is 1. The van der Waals surface area contributed by atoms with E-state index < -0.39 is 32.9 Å². The summed E-state index contributed by atoms with van der Waals surface area (Å²) in [5.41, 5.74) is -0.888. The minimum absolute atomic E-state index is 0.150. The lowest BCUT2D eigenvalue weighted by Crippen LogP contribution is -2.45. The van der Waals surface area contributed by atoms with Gasteiger partial charge in [-0.2, -0.15) is 0 Å². The first kappa shape index (κ1) is 14.1. The highest BCUT2D eigenvalue weighted by Gasteiger charge is 2.62. The van der Waals surface area contributed by atoms with Gasteiger partial charge in [0.05, 0.1) is 0 Å². The summed E-state index contributed by atoms with van der Waals surface area (Å²) in [7, 11) is -4.39. The maximum atomic E-state index is 12.6. The Morgan fingerprint density at radius 2 is 1.82 bits per heavy atom. The lowest BCUT2D eigenvalue weighted by atomic mass is 10.2. The first-order chi connectivity index (χ1) is 7.50. The van der Waals surface area contributed by atoms with E-state index in [4.69, 9.17) is 4.74 Å². The maximum Gasteiger partial charge on any atom is 0.421 e. The topological polar surface area (TPSA) is 72.5 Å². The van der Waals surface area contributed by atoms with Gasteiger partial charge in [0.1, 0.15) is 5.60 Å². The van der Waals surface area contributed by atoms with Gasteiger partial charge in [-0.1, -0.05) is 0 Å². The van der Waals surface area contributed by atoms with Gasteiger partial charge in [0.25, 0.3) is 6.43 Å². The van der Waals surface area contributed by atoms with Gasteiger partial charge in [0, 0.05) is 0 Å². The van der Waals surface area contributed by atoms with E-state index in [1.54, 1.807) is 20.8 Å². The number of carbonyl (C=O) groups excluding carboxylic acids is 1. The zero-order valence-electron chi connectivity index (χ0n) is 9.79. The number of amides is 1. The van der Waals surface area contributed by atoms with Gasteiger partial charge >= 0.3 is 6.09 Å². The van der Waals surface area contributed by atoms with Crippen molar-refractivity contribution in [1.29, 1.82) is 0 Å². The fourth-order valence-electron chi connectivity index (χ4n) is 1.24. The third kappa shape index (κ3) is 3.05. The van der Waals surface area contributed by atoms with Crippen LogP contribution in [0.15, 0.2) is 0 Å². The second-order valence-corrected chi connectivity index (χ2v) is 7.00. The van der Waals surface area contributed by atoms with E-state index in [1.807, 2.05) is 0 Å². The molecule has 1 fully saturated rings. The van der Waals surface area contributed by atoms with E-state index in [2.05, 4.69) is 0 Å². The fraction of sp³-hybridized carbons (Fsp3) is 0.889. The second-order valence-electron chi connectivity index (χ2n) is 4.97. The van der Waals surface area contributed by atoms with E-state index in [0.717, 1.165) is 0 Å². The quantitative estimate of drug-likeness (QED) is 0.847. The van der Waals surface area contributed by atoms with E-state index >= 15 is 0 Å². The minimum atomic E-state index is -4.39. The van der Waals surface area contributed by atoms with Crippen LogP contribution in [-0.2, 0) is 14.8 Å². The summed E-state index contributed by atoms with van der Waals surface area (Å²) in [4.78, 5) is 11.2. The van der Waals surface area contributed by atoms with Crippen LogP contribution >= 0.6 is 0 Å². The molecule has 0 aromatic heterocycles. The van der Waals surface area contributed by atoms with Gasteiger partial charge in [-0.05, 0) is 33.6 Å². The summed E-state index contributed by atoms with van der Waals surface area (Å²) in [5, 5.41) is 0. The third-order valence-electron chi connectivity index (χ3n) is 2.29. The van der Waals surface area contributed by atoms with Crippen LogP contribution in [0.1, 0.15) is 33.6 Å². The average molecular weight is 271 g/mol. The summed E-state index contributed by atoms with van der Waals surface area (Å²) in [6.45, 7) is 4.62. The van der Waals surface area contributed by atoms with Crippen LogP contribution in [-0.4, -0.2) is 31.3 Å². The highest BCUT2D eigenvalue weighted by atomic mass is 32.2. The van der Waals surface area contributed by atoms with Crippen LogP contribution in [0.4, 0.5) is 13.6 Å². The lowest BCUT2D eigenvalue weighted by Gasteiger charge is -2.21. The van der Waals surface area contributed by atoms with E-state index in [1.165, 1.54) is 4.72 Å². The average Bonchev–Trinajstić information content (AvgIpc) is 2.75. The largest absolute Gasteiger partial charge is 0.443 e. The Bertz CT molecular complexity index is 409. The molecule has 0 bridgehead atoms. The van der Waals surface area contributed by atoms with Gasteiger partial charge in [0.2, 0.25) is 10.0 Å². The normalized spacial score (nSPS) is 18.9. The molecule has 1 amide bonds. The third-order valence-corrected chi connectivity index (χ3v) is 4.38. The van der Waals surface area contributed by atoms with Crippen LogP contribution in [0.3, 0.4) is 0 Å². The van der Waals surface area contributed by atoms with Crippen LogP contribution in [0.25, 0.3) is 0 Å². The van der Waals surface area contributed by atoms with Gasteiger partial charge in [-0.25, -0.2) is 26.7 Å². The minimum Gasteiger partial charge on any atom is -0.443 e. The van der Waals surface area contributed by atoms with Crippen LogP contribution in [0.2, 0.25) is 0 Å². The molecular formula is C9H15F2NO4S. The fourth-order valence-corrected chi connectivity index (χ4v) is 2.58. The molecule has 0 aromatic rings. The number of sulfonamides is 1. The Morgan fingerprint density at radius 3 is 2.12 bits per heavy atom. The number of ether oxygens (including phenoxy) is 1. The number of hydrogen-bond acceptors (Lipinski definition) is 4. The Hall–Kier alpha value is -0.920. The highest BCUT2D eigenvalue weighted by molar-refractivity contribution is 7.91. The van der Waals surface area contributed by atoms with Gasteiger partial charge in [-0.15, -0.1) is 0 Å². The van der Waals surface area contributed by atoms with Gasteiger partial charge in [-0.3, -0.25) is 0 Å². The van der Waals surface area contributed by atoms with Crippen molar-refractivity contribution in [2.45, 2.75) is 50.4 Å². The molecule has 0 saturated heterocycles. The standard InChI is InChI=1S/C9H15F2NO4S/c1-8(2,3)16-7(13)12-17(14,15)9(4-5-9)6(10)11/h6H,4-5H2,1-3H3,(H,12,13). The monoisotopic (exact) mass is 271 g/mol. The molecule has 17 heavy (non-hydrogen) atoms. The molecule has 0 atom stereocenters. The molecule has 0 aliphatic heterocycles. The van der Waals surface area contributed by atoms with E-state index in [0.29, 0.717) is 0 Å². The molecule has 100 valence electrons. The number of alkyl halides is 2. The number of nitrogens with one attached hydrogen (secondary N) is 1. The van der Waals surface area contributed by atoms with Crippen LogP contribution in [0.5, 0.6) is 0 Å². The van der Waals surface area contributed by atoms with Crippen molar-refractivity contribution >= 4 is 16.1 Å². The Balaban J connectivity index is 2.72. The maximum absolute atomic E-state index is 12.6. The molecule has 1 saturated carbocycles. The molecule has 1 rings (SSSR count). The lowest BCUT2D eigenvalue weighted by molar-refractivity contribution is 0.0567. The Kier molecular flexibility index (Phi) is 3.39. The number of halogens is 2. The highest BCUT2D eigenvalue weighted by Crippen LogP contribution is 2.47. The molecule has 5 nitrogen and oxygen atoms in total. The second kappa shape index (κ2) is 4.08. The molecule has 8 heteroatoms. The number of rotatable bonds is 3.